The Morgan fingerprint density at radius 3 is 1.79 bits per heavy atom. The minimum Gasteiger partial charge on any atom is -0.391 e. The summed E-state index contributed by atoms with van der Waals surface area (Å²) in [5, 5.41) is 75.3. The smallest absolute Gasteiger partial charge is 0.184 e. The molecule has 8 N–H and O–H groups in total. The number of rotatable bonds is 4. The predicted molar refractivity (Wildman–Crippen MR) is 58.6 cm³/mol. The summed E-state index contributed by atoms with van der Waals surface area (Å²) in [6.07, 6.45) is -15.7. The van der Waals surface area contributed by atoms with Crippen LogP contribution in [0.3, 0.4) is 0 Å². The largest absolute Gasteiger partial charge is 0.391 e. The maximum atomic E-state index is 9.74. The standard InChI is InChI=1S/C10H20O9/c1-2(11)3(12)4(13)6(15)9-7(16)5(14)8(17)10(18)19-9/h2-18H,1H3/t2-,3-,4+,5+,6-,7+,8-,9-,10?/m1/s1. The molecule has 1 heterocycles. The highest BCUT2D eigenvalue weighted by Crippen LogP contribution is 2.24. The predicted octanol–water partition coefficient (Wildman–Crippen LogP) is -4.75. The van der Waals surface area contributed by atoms with Crippen LogP contribution in [0.2, 0.25) is 0 Å². The van der Waals surface area contributed by atoms with E-state index in [0.29, 0.717) is 0 Å². The third-order valence-corrected chi connectivity index (χ3v) is 3.16. The highest BCUT2D eigenvalue weighted by atomic mass is 16.6. The summed E-state index contributed by atoms with van der Waals surface area (Å²) in [6, 6.07) is 0. The molecule has 0 spiro atoms. The lowest BCUT2D eigenvalue weighted by Gasteiger charge is -2.41. The zero-order chi connectivity index (χ0) is 14.9. The zero-order valence-electron chi connectivity index (χ0n) is 10.2. The Labute approximate surface area is 108 Å². The summed E-state index contributed by atoms with van der Waals surface area (Å²) in [4.78, 5) is 0. The van der Waals surface area contributed by atoms with Crippen molar-refractivity contribution in [3.05, 3.63) is 0 Å². The van der Waals surface area contributed by atoms with Gasteiger partial charge in [-0.15, -0.1) is 0 Å². The van der Waals surface area contributed by atoms with Gasteiger partial charge < -0.3 is 45.6 Å². The van der Waals surface area contributed by atoms with Gasteiger partial charge in [-0.05, 0) is 6.92 Å². The van der Waals surface area contributed by atoms with Gasteiger partial charge in [0.05, 0.1) is 6.10 Å². The Morgan fingerprint density at radius 2 is 1.32 bits per heavy atom. The molecule has 114 valence electrons. The maximum Gasteiger partial charge on any atom is 0.184 e. The molecule has 1 fully saturated rings. The van der Waals surface area contributed by atoms with Crippen LogP contribution in [-0.4, -0.2) is 96.0 Å². The van der Waals surface area contributed by atoms with Gasteiger partial charge >= 0.3 is 0 Å². The van der Waals surface area contributed by atoms with Crippen molar-refractivity contribution < 1.29 is 45.6 Å². The number of hydrogen-bond donors (Lipinski definition) is 8. The van der Waals surface area contributed by atoms with E-state index in [1.54, 1.807) is 0 Å². The fourth-order valence-corrected chi connectivity index (χ4v) is 1.85. The van der Waals surface area contributed by atoms with E-state index in [9.17, 15) is 35.7 Å². The third kappa shape index (κ3) is 3.40. The van der Waals surface area contributed by atoms with Crippen molar-refractivity contribution in [2.24, 2.45) is 0 Å². The molecule has 0 aliphatic carbocycles. The molecule has 9 nitrogen and oxygen atoms in total. The molecule has 1 unspecified atom stereocenters. The van der Waals surface area contributed by atoms with Crippen LogP contribution in [0.15, 0.2) is 0 Å². The summed E-state index contributed by atoms with van der Waals surface area (Å²) in [7, 11) is 0. The lowest BCUT2D eigenvalue weighted by Crippen LogP contribution is -2.63. The van der Waals surface area contributed by atoms with Gasteiger partial charge in [0.25, 0.3) is 0 Å². The van der Waals surface area contributed by atoms with Crippen LogP contribution in [0.4, 0.5) is 0 Å². The normalized spacial score (nSPS) is 42.5. The maximum absolute atomic E-state index is 9.74. The highest BCUT2D eigenvalue weighted by molar-refractivity contribution is 4.95. The van der Waals surface area contributed by atoms with Crippen molar-refractivity contribution in [3.63, 3.8) is 0 Å². The van der Waals surface area contributed by atoms with Crippen molar-refractivity contribution in [2.45, 2.75) is 62.0 Å². The second-order valence-corrected chi connectivity index (χ2v) is 4.68. The van der Waals surface area contributed by atoms with Crippen LogP contribution < -0.4 is 0 Å². The number of aliphatic hydroxyl groups excluding tert-OH is 8. The summed E-state index contributed by atoms with van der Waals surface area (Å²) >= 11 is 0. The van der Waals surface area contributed by atoms with Crippen LogP contribution in [0, 0.1) is 0 Å². The van der Waals surface area contributed by atoms with Gasteiger partial charge in [0.2, 0.25) is 0 Å². The molecule has 0 bridgehead atoms. The number of aliphatic hydroxyl groups is 8. The van der Waals surface area contributed by atoms with Gasteiger partial charge in [0.15, 0.2) is 6.29 Å². The number of ether oxygens (including phenoxy) is 1. The first-order valence-electron chi connectivity index (χ1n) is 5.78. The van der Waals surface area contributed by atoms with Crippen molar-refractivity contribution in [3.8, 4) is 0 Å². The molecular weight excluding hydrogens is 264 g/mol. The lowest BCUT2D eigenvalue weighted by molar-refractivity contribution is -0.305. The summed E-state index contributed by atoms with van der Waals surface area (Å²) in [5.41, 5.74) is 0. The molecule has 1 aliphatic rings. The van der Waals surface area contributed by atoms with Gasteiger partial charge in [-0.2, -0.15) is 0 Å². The van der Waals surface area contributed by atoms with E-state index in [4.69, 9.17) is 5.11 Å². The molecule has 0 aromatic carbocycles. The first kappa shape index (κ1) is 16.7. The van der Waals surface area contributed by atoms with Crippen molar-refractivity contribution in [1.82, 2.24) is 0 Å². The summed E-state index contributed by atoms with van der Waals surface area (Å²) in [5.74, 6) is 0. The molecule has 1 saturated heterocycles. The minimum atomic E-state index is -1.89. The Balaban J connectivity index is 2.78. The Morgan fingerprint density at radius 1 is 0.789 bits per heavy atom. The van der Waals surface area contributed by atoms with Crippen LogP contribution in [0.1, 0.15) is 6.92 Å². The molecule has 0 amide bonds. The topological polar surface area (TPSA) is 171 Å². The van der Waals surface area contributed by atoms with Crippen LogP contribution in [-0.2, 0) is 4.74 Å². The van der Waals surface area contributed by atoms with Gasteiger partial charge in [0, 0.05) is 0 Å². The first-order valence-corrected chi connectivity index (χ1v) is 5.78. The average molecular weight is 284 g/mol. The molecule has 9 heteroatoms. The van der Waals surface area contributed by atoms with Crippen LogP contribution in [0.25, 0.3) is 0 Å². The third-order valence-electron chi connectivity index (χ3n) is 3.16. The van der Waals surface area contributed by atoms with Gasteiger partial charge in [-0.25, -0.2) is 0 Å². The lowest BCUT2D eigenvalue weighted by atomic mass is 9.90. The molecule has 1 rings (SSSR count). The Hall–Kier alpha value is -0.360. The van der Waals surface area contributed by atoms with E-state index in [1.165, 1.54) is 6.92 Å². The van der Waals surface area contributed by atoms with Crippen LogP contribution in [0.5, 0.6) is 0 Å². The Kier molecular flexibility index (Phi) is 5.62. The molecule has 0 aromatic rings. The molecule has 0 aromatic heterocycles. The number of hydrogen-bond acceptors (Lipinski definition) is 9. The second-order valence-electron chi connectivity index (χ2n) is 4.68. The van der Waals surface area contributed by atoms with Crippen molar-refractivity contribution in [2.75, 3.05) is 0 Å². The van der Waals surface area contributed by atoms with Gasteiger partial charge in [-0.1, -0.05) is 0 Å². The Bertz CT molecular complexity index is 286. The van der Waals surface area contributed by atoms with E-state index in [0.717, 1.165) is 0 Å². The van der Waals surface area contributed by atoms with Crippen molar-refractivity contribution >= 4 is 0 Å². The molecule has 1 aliphatic heterocycles. The molecule has 0 saturated carbocycles. The molecular formula is C10H20O9. The fourth-order valence-electron chi connectivity index (χ4n) is 1.85. The van der Waals surface area contributed by atoms with Gasteiger partial charge in [-0.3, -0.25) is 0 Å². The van der Waals surface area contributed by atoms with E-state index in [2.05, 4.69) is 4.74 Å². The van der Waals surface area contributed by atoms with E-state index in [1.807, 2.05) is 0 Å². The van der Waals surface area contributed by atoms with E-state index in [-0.39, 0.29) is 0 Å². The molecule has 0 radical (unpaired) electrons. The molecule has 9 atom stereocenters. The zero-order valence-corrected chi connectivity index (χ0v) is 10.2. The van der Waals surface area contributed by atoms with Crippen molar-refractivity contribution in [1.29, 1.82) is 0 Å². The fraction of sp³-hybridized carbons (Fsp3) is 1.00. The quantitative estimate of drug-likeness (QED) is 0.252. The summed E-state index contributed by atoms with van der Waals surface area (Å²) < 4.78 is 4.69. The molecule has 19 heavy (non-hydrogen) atoms. The minimum absolute atomic E-state index is 1.17. The summed E-state index contributed by atoms with van der Waals surface area (Å²) in [6.45, 7) is 1.17. The first-order chi connectivity index (χ1) is 8.68. The second kappa shape index (κ2) is 6.39. The SMILES string of the molecule is C[C@@H](O)[C@@H](O)[C@H](O)[C@@H](O)[C@H]1OC(O)[C@H](O)[C@@H](O)[C@@H]1O. The highest BCUT2D eigenvalue weighted by Gasteiger charge is 2.48. The average Bonchev–Trinajstić information content (AvgIpc) is 2.37. The monoisotopic (exact) mass is 284 g/mol. The van der Waals surface area contributed by atoms with Crippen LogP contribution >= 0.6 is 0 Å². The van der Waals surface area contributed by atoms with E-state index < -0.39 is 55.1 Å². The van der Waals surface area contributed by atoms with Gasteiger partial charge in [0.1, 0.15) is 42.7 Å². The van der Waals surface area contributed by atoms with E-state index >= 15 is 0 Å².